The fraction of sp³-hybridized carbons (Fsp3) is 0.556. The van der Waals surface area contributed by atoms with E-state index in [1.807, 2.05) is 0 Å². The molecule has 4 heteroatoms. The molecule has 22 heavy (non-hydrogen) atoms. The van der Waals surface area contributed by atoms with Crippen LogP contribution < -0.4 is 4.00 Å². The van der Waals surface area contributed by atoms with Crippen LogP contribution in [0.25, 0.3) is 0 Å². The maximum atomic E-state index is 3.62. The molecule has 1 N–H and O–H groups in total. The number of aromatic nitrogens is 1. The van der Waals surface area contributed by atoms with Gasteiger partial charge in [0, 0.05) is 0 Å². The molecule has 1 aliphatic carbocycles. The van der Waals surface area contributed by atoms with Crippen LogP contribution in [0.5, 0.6) is 0 Å². The molecule has 0 saturated heterocycles. The first-order valence-electron chi connectivity index (χ1n) is 8.21. The average molecular weight is 387 g/mol. The van der Waals surface area contributed by atoms with Crippen molar-refractivity contribution in [2.75, 3.05) is 0 Å². The quantitative estimate of drug-likeness (QED) is 0.501. The van der Waals surface area contributed by atoms with Gasteiger partial charge in [-0.05, 0) is 0 Å². The van der Waals surface area contributed by atoms with Crippen molar-refractivity contribution in [2.45, 2.75) is 53.5 Å². The van der Waals surface area contributed by atoms with Gasteiger partial charge in [0.1, 0.15) is 0 Å². The third-order valence-corrected chi connectivity index (χ3v) is 25.6. The third-order valence-electron chi connectivity index (χ3n) is 6.98. The van der Waals surface area contributed by atoms with Crippen molar-refractivity contribution in [2.24, 2.45) is 0 Å². The standard InChI is InChI=1S/C5H5.C4H4N.9CH3.2ClH.Ti/c2*1-2-4-5-3-1;;;;;;;;;;;;/h1-3H,4H2;1-3,5H;9*1H3;2*1H;. The normalized spacial score (nSPS) is 30.4. The van der Waals surface area contributed by atoms with Crippen LogP contribution in [0.15, 0.2) is 40.4 Å². The molecule has 0 radical (unpaired) electrons. The van der Waals surface area contributed by atoms with Gasteiger partial charge in [0.25, 0.3) is 0 Å². The van der Waals surface area contributed by atoms with Crippen molar-refractivity contribution < 1.29 is 7.61 Å². The summed E-state index contributed by atoms with van der Waals surface area (Å²) in [6.07, 6.45) is 9.86. The summed E-state index contributed by atoms with van der Waals surface area (Å²) in [4.78, 5) is 3.62. The zero-order valence-corrected chi connectivity index (χ0v) is 19.2. The number of hydrogen-bond acceptors (Lipinski definition) is 0. The zero-order chi connectivity index (χ0) is 16.1. The SMILES string of the molecule is Cl.Cl.[CH3][Ti]([CH3])([CH3])([CH3])([CH3])([CH3])([CH3])([CH3])([CH3])([C]1=CC=CC1)[c]1ccc[nH]1. The van der Waals surface area contributed by atoms with Gasteiger partial charge in [-0.25, -0.2) is 0 Å². The summed E-state index contributed by atoms with van der Waals surface area (Å²) in [5.41, 5.74) is 0. The molecule has 0 aromatic carbocycles. The Bertz CT molecular complexity index is 834. The van der Waals surface area contributed by atoms with Crippen molar-refractivity contribution in [1.29, 1.82) is 0 Å². The summed E-state index contributed by atoms with van der Waals surface area (Å²) >= 11 is 0. The Morgan fingerprint density at radius 1 is 0.864 bits per heavy atom. The maximum absolute atomic E-state index is 5.91. The molecule has 0 amide bonds. The van der Waals surface area contributed by atoms with Gasteiger partial charge in [-0.2, -0.15) is 0 Å². The molecule has 1 aliphatic rings. The van der Waals surface area contributed by atoms with Crippen LogP contribution in [0.1, 0.15) is 6.42 Å². The van der Waals surface area contributed by atoms with Crippen molar-refractivity contribution in [3.8, 4) is 0 Å². The number of aromatic amines is 1. The molecular weight excluding hydrogens is 349 g/mol. The topological polar surface area (TPSA) is 15.8 Å². The minimum absolute atomic E-state index is 0. The second kappa shape index (κ2) is 1.78. The van der Waals surface area contributed by atoms with E-state index in [1.54, 1.807) is 0 Å². The number of rotatable bonds is 2. The van der Waals surface area contributed by atoms with E-state index in [0.29, 0.717) is 0 Å². The molecule has 0 unspecified atom stereocenters. The van der Waals surface area contributed by atoms with Gasteiger partial charge in [-0.3, -0.25) is 0 Å². The Hall–Kier alpha value is 0.0543. The Labute approximate surface area is 134 Å². The van der Waals surface area contributed by atoms with Gasteiger partial charge in [0.2, 0.25) is 0 Å². The summed E-state index contributed by atoms with van der Waals surface area (Å²) in [5.74, 6) is 0. The zero-order valence-electron chi connectivity index (χ0n) is 16.0. The molecule has 1 aromatic heterocycles. The summed E-state index contributed by atoms with van der Waals surface area (Å²) < 4.78 is 2.79. The second-order valence-electron chi connectivity index (χ2n) is 25.0. The number of halogens is 2. The van der Waals surface area contributed by atoms with Gasteiger partial charge >= 0.3 is 111 Å². The number of hydrogen-bond donors (Lipinski definition) is 1. The van der Waals surface area contributed by atoms with E-state index in [-0.39, 0.29) is 24.8 Å². The summed E-state index contributed by atoms with van der Waals surface area (Å²) in [5, 5.41) is 22.8. The molecule has 0 spiro atoms. The first-order chi connectivity index (χ1) is 7.69. The van der Waals surface area contributed by atoms with Gasteiger partial charge in [0.05, 0.1) is 0 Å². The van der Waals surface area contributed by atoms with Crippen LogP contribution in [0.3, 0.4) is 0 Å². The molecule has 1 aromatic rings. The Morgan fingerprint density at radius 2 is 1.36 bits per heavy atom. The van der Waals surface area contributed by atoms with Gasteiger partial charge < -0.3 is 0 Å². The molecular formula is C18H38Cl2NTi. The van der Waals surface area contributed by atoms with Crippen molar-refractivity contribution >= 4 is 28.8 Å². The fourth-order valence-electron chi connectivity index (χ4n) is 4.19. The van der Waals surface area contributed by atoms with Crippen LogP contribution >= 0.6 is 24.8 Å². The van der Waals surface area contributed by atoms with Crippen molar-refractivity contribution in [1.82, 2.24) is 4.98 Å². The molecule has 0 fully saturated rings. The molecule has 0 saturated carbocycles. The van der Waals surface area contributed by atoms with Crippen LogP contribution in [-0.4, -0.2) is 4.98 Å². The first kappa shape index (κ1) is 22.1. The molecule has 0 bridgehead atoms. The summed E-state index contributed by atoms with van der Waals surface area (Å²) in [6, 6.07) is 4.39. The van der Waals surface area contributed by atoms with Gasteiger partial charge in [-0.1, -0.05) is 0 Å². The van der Waals surface area contributed by atoms with E-state index < -0.39 is 7.61 Å². The Kier molecular flexibility index (Phi) is 1.78. The van der Waals surface area contributed by atoms with Crippen molar-refractivity contribution in [3.05, 3.63) is 40.4 Å². The predicted molar refractivity (Wildman–Crippen MR) is 110 cm³/mol. The first-order valence-corrected chi connectivity index (χ1v) is 23.8. The molecule has 2 rings (SSSR count). The molecule has 1 nitrogen and oxygen atoms in total. The van der Waals surface area contributed by atoms with Crippen LogP contribution in [0.4, 0.5) is 0 Å². The monoisotopic (exact) mass is 386 g/mol. The third kappa shape index (κ3) is 2.49. The number of H-pyrrole nitrogens is 1. The van der Waals surface area contributed by atoms with E-state index >= 15 is 0 Å². The summed E-state index contributed by atoms with van der Waals surface area (Å²) in [7, 11) is -5.91. The molecule has 133 valence electrons. The van der Waals surface area contributed by atoms with Crippen molar-refractivity contribution in [3.63, 3.8) is 0 Å². The predicted octanol–water partition coefficient (Wildman–Crippen LogP) is 7.66. The number of nitrogens with one attached hydrogen (secondary N) is 1. The van der Waals surface area contributed by atoms with E-state index in [2.05, 4.69) is 88.6 Å². The van der Waals surface area contributed by atoms with E-state index in [4.69, 9.17) is 0 Å². The Balaban J connectivity index is 0.00000220. The van der Waals surface area contributed by atoms with Crippen LogP contribution in [0.2, 0.25) is 47.1 Å². The van der Waals surface area contributed by atoms with E-state index in [0.717, 1.165) is 6.42 Å². The number of allylic oxidation sites excluding steroid dienone is 4. The second-order valence-corrected chi connectivity index (χ2v) is 97.5. The van der Waals surface area contributed by atoms with E-state index in [1.165, 1.54) is 7.88 Å². The molecule has 0 aliphatic heterocycles. The minimum atomic E-state index is -5.91. The summed E-state index contributed by atoms with van der Waals surface area (Å²) in [6.45, 7) is 0. The molecule has 0 atom stereocenters. The van der Waals surface area contributed by atoms with Crippen LogP contribution in [-0.2, 0) is 7.61 Å². The van der Waals surface area contributed by atoms with Gasteiger partial charge in [-0.15, -0.1) is 24.8 Å². The molecule has 1 heterocycles. The Morgan fingerprint density at radius 3 is 1.68 bits per heavy atom. The van der Waals surface area contributed by atoms with Crippen LogP contribution in [0, 0.1) is 0 Å². The van der Waals surface area contributed by atoms with E-state index in [9.17, 15) is 0 Å². The average Bonchev–Trinajstić information content (AvgIpc) is 2.74. The van der Waals surface area contributed by atoms with Gasteiger partial charge in [0.15, 0.2) is 0 Å². The fourth-order valence-corrected chi connectivity index (χ4v) is 15.5.